The molecular formula is C20H20Cl2N4O3S. The van der Waals surface area contributed by atoms with Crippen molar-refractivity contribution in [3.8, 4) is 0 Å². The third-order valence-corrected chi connectivity index (χ3v) is 5.96. The lowest BCUT2D eigenvalue weighted by molar-refractivity contribution is -0.120. The maximum absolute atomic E-state index is 12.5. The van der Waals surface area contributed by atoms with E-state index in [-0.39, 0.29) is 27.3 Å². The second-order valence-corrected chi connectivity index (χ2v) is 9.11. The Morgan fingerprint density at radius 3 is 2.40 bits per heavy atom. The molecule has 0 aliphatic carbocycles. The van der Waals surface area contributed by atoms with Crippen LogP contribution in [0.1, 0.15) is 12.0 Å². The summed E-state index contributed by atoms with van der Waals surface area (Å²) < 4.78 is 29.3. The van der Waals surface area contributed by atoms with Gasteiger partial charge in [-0.15, -0.1) is 0 Å². The number of carbonyl (C=O) groups is 1. The Balaban J connectivity index is 1.51. The van der Waals surface area contributed by atoms with Crippen molar-refractivity contribution in [2.75, 3.05) is 11.3 Å². The highest BCUT2D eigenvalue weighted by molar-refractivity contribution is 7.92. The molecule has 0 fully saturated rings. The summed E-state index contributed by atoms with van der Waals surface area (Å²) in [5, 5.41) is 7.43. The fraction of sp³-hybridized carbons (Fsp3) is 0.200. The number of aromatic nitrogens is 2. The number of rotatable bonds is 9. The molecule has 0 aliphatic rings. The topological polar surface area (TPSA) is 93.1 Å². The molecule has 10 heteroatoms. The van der Waals surface area contributed by atoms with E-state index in [9.17, 15) is 13.2 Å². The number of benzene rings is 2. The number of nitrogens with zero attached hydrogens (tertiary/aromatic N) is 2. The molecule has 1 aromatic heterocycles. The number of anilines is 1. The number of sulfonamides is 1. The van der Waals surface area contributed by atoms with Crippen molar-refractivity contribution in [2.45, 2.75) is 24.3 Å². The van der Waals surface area contributed by atoms with Gasteiger partial charge < -0.3 is 5.32 Å². The normalized spacial score (nSPS) is 11.3. The molecular weight excluding hydrogens is 447 g/mol. The maximum atomic E-state index is 12.5. The van der Waals surface area contributed by atoms with Crippen molar-refractivity contribution >= 4 is 44.8 Å². The predicted molar refractivity (Wildman–Crippen MR) is 117 cm³/mol. The third-order valence-electron chi connectivity index (χ3n) is 4.16. The molecule has 0 bridgehead atoms. The van der Waals surface area contributed by atoms with E-state index in [1.54, 1.807) is 30.5 Å². The summed E-state index contributed by atoms with van der Waals surface area (Å²) in [6, 6.07) is 12.6. The predicted octanol–water partition coefficient (Wildman–Crippen LogP) is 3.74. The van der Waals surface area contributed by atoms with Crippen LogP contribution < -0.4 is 10.0 Å². The van der Waals surface area contributed by atoms with Gasteiger partial charge in [0.15, 0.2) is 0 Å². The molecule has 0 saturated heterocycles. The summed E-state index contributed by atoms with van der Waals surface area (Å²) in [5.41, 5.74) is 1.14. The minimum atomic E-state index is -3.83. The van der Waals surface area contributed by atoms with Crippen LogP contribution in [0.15, 0.2) is 65.8 Å². The Morgan fingerprint density at radius 1 is 1.07 bits per heavy atom. The van der Waals surface area contributed by atoms with Crippen LogP contribution in [0.5, 0.6) is 0 Å². The van der Waals surface area contributed by atoms with E-state index in [4.69, 9.17) is 23.2 Å². The molecule has 3 aromatic rings. The van der Waals surface area contributed by atoms with Crippen LogP contribution >= 0.6 is 23.2 Å². The van der Waals surface area contributed by atoms with Crippen molar-refractivity contribution in [3.63, 3.8) is 0 Å². The van der Waals surface area contributed by atoms with Gasteiger partial charge in [-0.1, -0.05) is 35.3 Å². The Labute approximate surface area is 185 Å². The lowest BCUT2D eigenvalue weighted by Gasteiger charge is -2.10. The third kappa shape index (κ3) is 6.48. The van der Waals surface area contributed by atoms with Crippen LogP contribution in [-0.2, 0) is 27.8 Å². The molecule has 0 unspecified atom stereocenters. The lowest BCUT2D eigenvalue weighted by Crippen LogP contribution is -2.26. The molecule has 1 heterocycles. The highest BCUT2D eigenvalue weighted by atomic mass is 35.5. The first-order valence-corrected chi connectivity index (χ1v) is 11.4. The fourth-order valence-corrected chi connectivity index (χ4v) is 4.52. The number of aryl methyl sites for hydroxylation is 1. The monoisotopic (exact) mass is 466 g/mol. The Kier molecular flexibility index (Phi) is 7.36. The number of hydrogen-bond acceptors (Lipinski definition) is 4. The van der Waals surface area contributed by atoms with Gasteiger partial charge >= 0.3 is 0 Å². The van der Waals surface area contributed by atoms with E-state index in [0.717, 1.165) is 18.5 Å². The first-order valence-electron chi connectivity index (χ1n) is 9.14. The highest BCUT2D eigenvalue weighted by Crippen LogP contribution is 2.24. The van der Waals surface area contributed by atoms with E-state index < -0.39 is 10.0 Å². The fourth-order valence-electron chi connectivity index (χ4n) is 2.74. The molecule has 2 N–H and O–H groups in total. The van der Waals surface area contributed by atoms with Gasteiger partial charge in [0.1, 0.15) is 0 Å². The largest absolute Gasteiger partial charge is 0.356 e. The maximum Gasteiger partial charge on any atom is 0.261 e. The molecule has 0 radical (unpaired) electrons. The molecule has 3 rings (SSSR count). The van der Waals surface area contributed by atoms with Gasteiger partial charge in [-0.2, -0.15) is 5.10 Å². The smallest absolute Gasteiger partial charge is 0.261 e. The lowest BCUT2D eigenvalue weighted by atomic mass is 10.1. The van der Waals surface area contributed by atoms with Gasteiger partial charge in [0.2, 0.25) is 5.91 Å². The quantitative estimate of drug-likeness (QED) is 0.469. The summed E-state index contributed by atoms with van der Waals surface area (Å²) in [4.78, 5) is 12.0. The van der Waals surface area contributed by atoms with E-state index >= 15 is 0 Å². The Bertz CT molecular complexity index is 1080. The zero-order valence-electron chi connectivity index (χ0n) is 15.9. The van der Waals surface area contributed by atoms with Crippen molar-refractivity contribution in [1.82, 2.24) is 15.1 Å². The number of hydrogen-bond donors (Lipinski definition) is 2. The van der Waals surface area contributed by atoms with E-state index in [0.29, 0.717) is 12.2 Å². The Morgan fingerprint density at radius 2 is 1.77 bits per heavy atom. The molecule has 0 atom stereocenters. The average Bonchev–Trinajstić information content (AvgIpc) is 3.19. The molecule has 2 aromatic carbocycles. The van der Waals surface area contributed by atoms with Crippen molar-refractivity contribution in [1.29, 1.82) is 0 Å². The minimum Gasteiger partial charge on any atom is -0.356 e. The van der Waals surface area contributed by atoms with Crippen LogP contribution in [0.25, 0.3) is 0 Å². The number of carbonyl (C=O) groups excluding carboxylic acids is 1. The average molecular weight is 467 g/mol. The summed E-state index contributed by atoms with van der Waals surface area (Å²) in [6.07, 6.45) is 4.57. The molecule has 1 amide bonds. The molecule has 7 nitrogen and oxygen atoms in total. The van der Waals surface area contributed by atoms with Gasteiger partial charge in [0.05, 0.1) is 11.3 Å². The van der Waals surface area contributed by atoms with Crippen molar-refractivity contribution in [3.05, 3.63) is 76.5 Å². The number of halogens is 2. The van der Waals surface area contributed by atoms with Gasteiger partial charge in [-0.05, 0) is 48.4 Å². The first-order chi connectivity index (χ1) is 14.3. The standard InChI is InChI=1S/C20H20Cl2N4O3S/c21-16-12-17(22)14-19(13-16)30(28,29)25-18-5-3-15(4-6-18)11-20(27)23-7-1-9-26-10-2-8-24-26/h2-6,8,10,12-14,25H,1,7,9,11H2,(H,23,27). The molecule has 30 heavy (non-hydrogen) atoms. The van der Waals surface area contributed by atoms with Gasteiger partial charge in [-0.25, -0.2) is 8.42 Å². The Hall–Kier alpha value is -2.55. The molecule has 158 valence electrons. The summed E-state index contributed by atoms with van der Waals surface area (Å²) in [6.45, 7) is 1.29. The van der Waals surface area contributed by atoms with E-state index in [2.05, 4.69) is 15.1 Å². The van der Waals surface area contributed by atoms with E-state index in [1.807, 2.05) is 16.9 Å². The van der Waals surface area contributed by atoms with E-state index in [1.165, 1.54) is 18.2 Å². The molecule has 0 saturated carbocycles. The second kappa shape index (κ2) is 9.97. The molecule has 0 spiro atoms. The van der Waals surface area contributed by atoms with Crippen molar-refractivity contribution in [2.24, 2.45) is 0 Å². The SMILES string of the molecule is O=C(Cc1ccc(NS(=O)(=O)c2cc(Cl)cc(Cl)c2)cc1)NCCCn1cccn1. The first kappa shape index (κ1) is 22.1. The van der Waals surface area contributed by atoms with Gasteiger partial charge in [-0.3, -0.25) is 14.2 Å². The minimum absolute atomic E-state index is 0.0291. The van der Waals surface area contributed by atoms with Crippen LogP contribution in [0.2, 0.25) is 10.0 Å². The number of nitrogens with one attached hydrogen (secondary N) is 2. The zero-order chi connectivity index (χ0) is 21.6. The zero-order valence-corrected chi connectivity index (χ0v) is 18.2. The number of amides is 1. The molecule has 0 aliphatic heterocycles. The van der Waals surface area contributed by atoms with Gasteiger partial charge in [0.25, 0.3) is 10.0 Å². The highest BCUT2D eigenvalue weighted by Gasteiger charge is 2.16. The summed E-state index contributed by atoms with van der Waals surface area (Å²) in [7, 11) is -3.83. The van der Waals surface area contributed by atoms with Crippen LogP contribution in [0, 0.1) is 0 Å². The van der Waals surface area contributed by atoms with Gasteiger partial charge in [0, 0.05) is 41.2 Å². The van der Waals surface area contributed by atoms with Crippen LogP contribution in [-0.4, -0.2) is 30.7 Å². The second-order valence-electron chi connectivity index (χ2n) is 6.56. The summed E-state index contributed by atoms with van der Waals surface area (Å²) >= 11 is 11.8. The van der Waals surface area contributed by atoms with Crippen LogP contribution in [0.3, 0.4) is 0 Å². The summed E-state index contributed by atoms with van der Waals surface area (Å²) in [5.74, 6) is -0.0997. The van der Waals surface area contributed by atoms with Crippen molar-refractivity contribution < 1.29 is 13.2 Å². The van der Waals surface area contributed by atoms with Crippen LogP contribution in [0.4, 0.5) is 5.69 Å².